The molecule has 0 saturated heterocycles. The van der Waals surface area contributed by atoms with E-state index in [1.165, 1.54) is 0 Å². The summed E-state index contributed by atoms with van der Waals surface area (Å²) in [5, 5.41) is 8.33. The van der Waals surface area contributed by atoms with E-state index in [9.17, 15) is 0 Å². The van der Waals surface area contributed by atoms with Gasteiger partial charge in [-0.3, -0.25) is 0 Å². The van der Waals surface area contributed by atoms with Gasteiger partial charge in [-0.15, -0.1) is 0 Å². The summed E-state index contributed by atoms with van der Waals surface area (Å²) in [7, 11) is 0. The molecule has 3 rings (SSSR count). The second kappa shape index (κ2) is 3.50. The van der Waals surface area contributed by atoms with Gasteiger partial charge < -0.3 is 11.1 Å². The number of aromatic nitrogens is 2. The van der Waals surface area contributed by atoms with Crippen molar-refractivity contribution in [2.75, 3.05) is 5.73 Å². The Morgan fingerprint density at radius 1 is 1.25 bits per heavy atom. The van der Waals surface area contributed by atoms with Gasteiger partial charge in [0.05, 0.1) is 11.4 Å². The summed E-state index contributed by atoms with van der Waals surface area (Å²) in [5.41, 5.74) is 9.09. The van der Waals surface area contributed by atoms with Gasteiger partial charge >= 0.3 is 0 Å². The minimum Gasteiger partial charge on any atom is -0.382 e. The van der Waals surface area contributed by atoms with E-state index in [1.54, 1.807) is 0 Å². The topological polar surface area (TPSA) is 55.9 Å². The van der Waals surface area contributed by atoms with Gasteiger partial charge in [-0.2, -0.15) is 5.10 Å². The minimum atomic E-state index is 0.606. The van der Waals surface area contributed by atoms with Crippen LogP contribution >= 0.6 is 11.6 Å². The number of rotatable bonds is 1. The summed E-state index contributed by atoms with van der Waals surface area (Å²) < 4.78 is 1.88. The third-order valence-corrected chi connectivity index (χ3v) is 3.04. The van der Waals surface area contributed by atoms with Crippen molar-refractivity contribution in [2.24, 2.45) is 0 Å². The van der Waals surface area contributed by atoms with Crippen molar-refractivity contribution < 1.29 is 0 Å². The van der Waals surface area contributed by atoms with E-state index < -0.39 is 0 Å². The first kappa shape index (κ1) is 9.69. The molecular weight excluding hydrogens is 224 g/mol. The zero-order valence-corrected chi connectivity index (χ0v) is 9.33. The predicted molar refractivity (Wildman–Crippen MR) is 63.5 cm³/mol. The molecule has 0 spiro atoms. The summed E-state index contributed by atoms with van der Waals surface area (Å²) >= 11 is 5.85. The second-order valence-corrected chi connectivity index (χ2v) is 4.24. The fourth-order valence-corrected chi connectivity index (χ4v) is 2.11. The quantitative estimate of drug-likeness (QED) is 0.790. The van der Waals surface area contributed by atoms with Crippen LogP contribution in [0.5, 0.6) is 0 Å². The van der Waals surface area contributed by atoms with Crippen molar-refractivity contribution in [1.29, 1.82) is 0 Å². The van der Waals surface area contributed by atoms with E-state index >= 15 is 0 Å². The van der Waals surface area contributed by atoms with Gasteiger partial charge in [0.25, 0.3) is 0 Å². The standard InChI is InChI=1S/C11H11ClN4/c12-7-1-3-8(4-2-7)16-10-6-14-5-9(10)11(13)15-16/h1-4,14H,5-6H2,(H2,13,15). The summed E-state index contributed by atoms with van der Waals surface area (Å²) in [6, 6.07) is 7.58. The molecule has 0 bridgehead atoms. The predicted octanol–water partition coefficient (Wildman–Crippen LogP) is 1.71. The van der Waals surface area contributed by atoms with Crippen molar-refractivity contribution in [2.45, 2.75) is 13.1 Å². The number of anilines is 1. The van der Waals surface area contributed by atoms with Crippen LogP contribution in [0.4, 0.5) is 5.82 Å². The Hall–Kier alpha value is -1.52. The Morgan fingerprint density at radius 2 is 2.00 bits per heavy atom. The number of hydrogen-bond donors (Lipinski definition) is 2. The van der Waals surface area contributed by atoms with E-state index in [1.807, 2.05) is 28.9 Å². The molecule has 0 aliphatic carbocycles. The lowest BCUT2D eigenvalue weighted by Gasteiger charge is -2.04. The van der Waals surface area contributed by atoms with E-state index in [0.717, 1.165) is 35.1 Å². The fourth-order valence-electron chi connectivity index (χ4n) is 1.98. The van der Waals surface area contributed by atoms with Crippen LogP contribution in [0.2, 0.25) is 5.02 Å². The maximum absolute atomic E-state index is 5.86. The molecule has 0 radical (unpaired) electrons. The first-order valence-electron chi connectivity index (χ1n) is 5.08. The molecule has 16 heavy (non-hydrogen) atoms. The SMILES string of the molecule is Nc1nn(-c2ccc(Cl)cc2)c2c1CNC2. The Balaban J connectivity index is 2.13. The molecule has 0 unspecified atom stereocenters. The molecule has 0 atom stereocenters. The first-order chi connectivity index (χ1) is 7.75. The highest BCUT2D eigenvalue weighted by molar-refractivity contribution is 6.30. The van der Waals surface area contributed by atoms with Crippen molar-refractivity contribution in [3.8, 4) is 5.69 Å². The highest BCUT2D eigenvalue weighted by atomic mass is 35.5. The number of halogens is 1. The molecular formula is C11H11ClN4. The Bertz CT molecular complexity index is 530. The molecule has 2 aromatic rings. The smallest absolute Gasteiger partial charge is 0.150 e. The lowest BCUT2D eigenvalue weighted by Crippen LogP contribution is -2.08. The average Bonchev–Trinajstić information content (AvgIpc) is 2.84. The van der Waals surface area contributed by atoms with Gasteiger partial charge in [-0.05, 0) is 24.3 Å². The zero-order valence-electron chi connectivity index (χ0n) is 8.57. The van der Waals surface area contributed by atoms with Crippen molar-refractivity contribution in [3.63, 3.8) is 0 Å². The molecule has 82 valence electrons. The third kappa shape index (κ3) is 1.38. The van der Waals surface area contributed by atoms with Crippen LogP contribution in [0.3, 0.4) is 0 Å². The van der Waals surface area contributed by atoms with Crippen LogP contribution in [-0.4, -0.2) is 9.78 Å². The van der Waals surface area contributed by atoms with Crippen LogP contribution in [0, 0.1) is 0 Å². The lowest BCUT2D eigenvalue weighted by atomic mass is 10.2. The Morgan fingerprint density at radius 3 is 2.75 bits per heavy atom. The molecule has 0 fully saturated rings. The molecule has 5 heteroatoms. The zero-order chi connectivity index (χ0) is 11.1. The van der Waals surface area contributed by atoms with Crippen molar-refractivity contribution in [1.82, 2.24) is 15.1 Å². The molecule has 1 aromatic carbocycles. The first-order valence-corrected chi connectivity index (χ1v) is 5.46. The molecule has 1 aromatic heterocycles. The van der Waals surface area contributed by atoms with E-state index in [0.29, 0.717) is 5.82 Å². The van der Waals surface area contributed by atoms with Crippen LogP contribution < -0.4 is 11.1 Å². The van der Waals surface area contributed by atoms with E-state index in [2.05, 4.69) is 10.4 Å². The summed E-state index contributed by atoms with van der Waals surface area (Å²) in [6.07, 6.45) is 0. The summed E-state index contributed by atoms with van der Waals surface area (Å²) in [6.45, 7) is 1.61. The van der Waals surface area contributed by atoms with E-state index in [4.69, 9.17) is 17.3 Å². The number of hydrogen-bond acceptors (Lipinski definition) is 3. The van der Waals surface area contributed by atoms with Gasteiger partial charge in [0.1, 0.15) is 0 Å². The van der Waals surface area contributed by atoms with Gasteiger partial charge in [0.15, 0.2) is 5.82 Å². The molecule has 0 saturated carbocycles. The number of fused-ring (bicyclic) bond motifs is 1. The van der Waals surface area contributed by atoms with E-state index in [-0.39, 0.29) is 0 Å². The lowest BCUT2D eigenvalue weighted by molar-refractivity contribution is 0.714. The summed E-state index contributed by atoms with van der Waals surface area (Å²) in [4.78, 5) is 0. The summed E-state index contributed by atoms with van der Waals surface area (Å²) in [5.74, 6) is 0.606. The third-order valence-electron chi connectivity index (χ3n) is 2.79. The largest absolute Gasteiger partial charge is 0.382 e. The van der Waals surface area contributed by atoms with Crippen molar-refractivity contribution >= 4 is 17.4 Å². The Labute approximate surface area is 98.0 Å². The van der Waals surface area contributed by atoms with Crippen LogP contribution in [0.15, 0.2) is 24.3 Å². The van der Waals surface area contributed by atoms with Gasteiger partial charge in [-0.25, -0.2) is 4.68 Å². The van der Waals surface area contributed by atoms with Crippen LogP contribution in [0.25, 0.3) is 5.69 Å². The molecule has 1 aliphatic rings. The number of nitrogen functional groups attached to an aromatic ring is 1. The second-order valence-electron chi connectivity index (χ2n) is 3.80. The molecule has 2 heterocycles. The Kier molecular flexibility index (Phi) is 2.12. The highest BCUT2D eigenvalue weighted by Gasteiger charge is 2.20. The van der Waals surface area contributed by atoms with Crippen LogP contribution in [-0.2, 0) is 13.1 Å². The number of benzene rings is 1. The van der Waals surface area contributed by atoms with Gasteiger partial charge in [0, 0.05) is 23.7 Å². The molecule has 0 amide bonds. The number of nitrogens with two attached hydrogens (primary N) is 1. The van der Waals surface area contributed by atoms with Gasteiger partial charge in [-0.1, -0.05) is 11.6 Å². The average molecular weight is 235 g/mol. The number of nitrogens with zero attached hydrogens (tertiary/aromatic N) is 2. The molecule has 3 N–H and O–H groups in total. The van der Waals surface area contributed by atoms with Gasteiger partial charge in [0.2, 0.25) is 0 Å². The maximum atomic E-state index is 5.86. The highest BCUT2D eigenvalue weighted by Crippen LogP contribution is 2.24. The minimum absolute atomic E-state index is 0.606. The van der Waals surface area contributed by atoms with Crippen LogP contribution in [0.1, 0.15) is 11.3 Å². The number of nitrogens with one attached hydrogen (secondary N) is 1. The maximum Gasteiger partial charge on any atom is 0.150 e. The normalized spacial score (nSPS) is 14.1. The molecule has 4 nitrogen and oxygen atoms in total. The fraction of sp³-hybridized carbons (Fsp3) is 0.182. The molecule has 1 aliphatic heterocycles. The van der Waals surface area contributed by atoms with Crippen molar-refractivity contribution in [3.05, 3.63) is 40.5 Å². The monoisotopic (exact) mass is 234 g/mol.